The second kappa shape index (κ2) is 5.33. The lowest BCUT2D eigenvalue weighted by Crippen LogP contribution is -2.06. The smallest absolute Gasteiger partial charge is 0.192 e. The van der Waals surface area contributed by atoms with Gasteiger partial charge in [0, 0.05) is 6.54 Å². The molecule has 0 bridgehead atoms. The highest BCUT2D eigenvalue weighted by molar-refractivity contribution is 7.44. The van der Waals surface area contributed by atoms with Crippen LogP contribution in [0.15, 0.2) is 12.7 Å². The molecule has 0 fully saturated rings. The van der Waals surface area contributed by atoms with Crippen LogP contribution >= 0.6 is 8.38 Å². The summed E-state index contributed by atoms with van der Waals surface area (Å²) in [7, 11) is -2.00. The van der Waals surface area contributed by atoms with Crippen LogP contribution in [0.3, 0.4) is 0 Å². The predicted molar refractivity (Wildman–Crippen MR) is 61.9 cm³/mol. The van der Waals surface area contributed by atoms with Crippen LogP contribution in [0.2, 0.25) is 0 Å². The van der Waals surface area contributed by atoms with Crippen LogP contribution in [0, 0.1) is 0 Å². The Morgan fingerprint density at radius 3 is 2.94 bits per heavy atom. The predicted octanol–water partition coefficient (Wildman–Crippen LogP) is -0.321. The average Bonchev–Trinajstić information content (AvgIpc) is 2.69. The van der Waals surface area contributed by atoms with Crippen molar-refractivity contribution in [2.24, 2.45) is 0 Å². The number of rotatable bonds is 5. The molecule has 0 aliphatic rings. The largest absolute Gasteiger partial charge is 0.382 e. The maximum absolute atomic E-state index is 8.66. The molecule has 4 N–H and O–H groups in total. The van der Waals surface area contributed by atoms with Crippen LogP contribution in [0.1, 0.15) is 0 Å². The minimum Gasteiger partial charge on any atom is -0.382 e. The number of nitrogen functional groups attached to an aromatic ring is 1. The topological polar surface area (TPSA) is 119 Å². The molecule has 0 radical (unpaired) electrons. The van der Waals surface area contributed by atoms with E-state index in [4.69, 9.17) is 20.3 Å². The van der Waals surface area contributed by atoms with Gasteiger partial charge in [0.05, 0.1) is 12.9 Å². The van der Waals surface area contributed by atoms with Crippen molar-refractivity contribution >= 4 is 25.4 Å². The summed E-state index contributed by atoms with van der Waals surface area (Å²) < 4.78 is 6.82. The zero-order valence-electron chi connectivity index (χ0n) is 8.89. The second-order valence-corrected chi connectivity index (χ2v) is 4.28. The number of nitrogens with two attached hydrogens (primary N) is 1. The van der Waals surface area contributed by atoms with Gasteiger partial charge in [-0.05, 0) is 0 Å². The van der Waals surface area contributed by atoms with Crippen molar-refractivity contribution < 1.29 is 14.5 Å². The summed E-state index contributed by atoms with van der Waals surface area (Å²) in [4.78, 5) is 29.3. The molecule has 8 nitrogen and oxygen atoms in total. The molecule has 0 unspecified atom stereocenters. The van der Waals surface area contributed by atoms with Gasteiger partial charge in [0.15, 0.2) is 19.8 Å². The number of hydrogen-bond acceptors (Lipinski definition) is 7. The molecule has 9 heteroatoms. The van der Waals surface area contributed by atoms with Gasteiger partial charge in [-0.3, -0.25) is 0 Å². The van der Waals surface area contributed by atoms with Gasteiger partial charge in [0.1, 0.15) is 18.2 Å². The van der Waals surface area contributed by atoms with Crippen molar-refractivity contribution in [2.45, 2.75) is 6.54 Å². The molecule has 0 aliphatic carbocycles. The Bertz CT molecular complexity index is 503. The third-order valence-electron chi connectivity index (χ3n) is 2.11. The first kappa shape index (κ1) is 12.1. The first-order valence-electron chi connectivity index (χ1n) is 4.83. The molecule has 2 rings (SSSR count). The van der Waals surface area contributed by atoms with Crippen LogP contribution in [-0.4, -0.2) is 42.3 Å². The molecule has 0 spiro atoms. The maximum Gasteiger partial charge on any atom is 0.192 e. The van der Waals surface area contributed by atoms with Crippen molar-refractivity contribution in [3.63, 3.8) is 0 Å². The number of imidazole rings is 1. The van der Waals surface area contributed by atoms with Crippen molar-refractivity contribution in [1.29, 1.82) is 0 Å². The fraction of sp³-hybridized carbons (Fsp3) is 0.375. The molecule has 0 aromatic carbocycles. The Hall–Kier alpha value is -1.34. The lowest BCUT2D eigenvalue weighted by Gasteiger charge is -2.06. The molecule has 2 aromatic heterocycles. The van der Waals surface area contributed by atoms with E-state index in [-0.39, 0.29) is 6.35 Å². The van der Waals surface area contributed by atoms with Gasteiger partial charge in [-0.25, -0.2) is 15.0 Å². The Morgan fingerprint density at radius 2 is 2.18 bits per heavy atom. The Kier molecular flexibility index (Phi) is 3.80. The number of ether oxygens (including phenoxy) is 1. The SMILES string of the molecule is Nc1ncnc2c1ncn2CCOCP(O)O. The number of nitrogens with zero attached hydrogens (tertiary/aromatic N) is 4. The third-order valence-corrected chi connectivity index (χ3v) is 2.53. The second-order valence-electron chi connectivity index (χ2n) is 3.28. The molecular weight excluding hydrogens is 245 g/mol. The van der Waals surface area contributed by atoms with E-state index in [1.54, 1.807) is 10.9 Å². The van der Waals surface area contributed by atoms with Gasteiger partial charge < -0.3 is 24.8 Å². The van der Waals surface area contributed by atoms with E-state index < -0.39 is 8.38 Å². The average molecular weight is 257 g/mol. The number of fused-ring (bicyclic) bond motifs is 1. The molecule has 0 saturated heterocycles. The summed E-state index contributed by atoms with van der Waals surface area (Å²) >= 11 is 0. The van der Waals surface area contributed by atoms with E-state index in [0.717, 1.165) is 0 Å². The monoisotopic (exact) mass is 257 g/mol. The highest BCUT2D eigenvalue weighted by Crippen LogP contribution is 2.21. The van der Waals surface area contributed by atoms with Gasteiger partial charge in [-0.2, -0.15) is 0 Å². The molecule has 0 atom stereocenters. The van der Waals surface area contributed by atoms with Crippen LogP contribution in [0.4, 0.5) is 5.82 Å². The van der Waals surface area contributed by atoms with Crippen molar-refractivity contribution in [3.8, 4) is 0 Å². The van der Waals surface area contributed by atoms with E-state index >= 15 is 0 Å². The summed E-state index contributed by atoms with van der Waals surface area (Å²) in [6.07, 6.45) is 2.91. The summed E-state index contributed by atoms with van der Waals surface area (Å²) in [5.41, 5.74) is 6.83. The third kappa shape index (κ3) is 2.86. The fourth-order valence-corrected chi connectivity index (χ4v) is 1.66. The van der Waals surface area contributed by atoms with E-state index in [1.807, 2.05) is 0 Å². The van der Waals surface area contributed by atoms with Gasteiger partial charge in [-0.1, -0.05) is 0 Å². The van der Waals surface area contributed by atoms with E-state index in [9.17, 15) is 0 Å². The highest BCUT2D eigenvalue weighted by Gasteiger charge is 2.07. The molecule has 0 amide bonds. The standard InChI is InChI=1S/C8H12N5O3P/c9-7-6-8(11-3-10-7)13(4-12-6)1-2-16-5-17(14)15/h3-4,14-15H,1-2,5H2,(H2,9,10,11). The molecule has 17 heavy (non-hydrogen) atoms. The Morgan fingerprint density at radius 1 is 1.35 bits per heavy atom. The molecule has 92 valence electrons. The van der Waals surface area contributed by atoms with Gasteiger partial charge in [-0.15, -0.1) is 0 Å². The van der Waals surface area contributed by atoms with E-state index in [2.05, 4.69) is 15.0 Å². The van der Waals surface area contributed by atoms with E-state index in [1.165, 1.54) is 6.33 Å². The van der Waals surface area contributed by atoms with Crippen LogP contribution < -0.4 is 5.73 Å². The summed E-state index contributed by atoms with van der Waals surface area (Å²) in [5, 5.41) is 0. The maximum atomic E-state index is 8.66. The van der Waals surface area contributed by atoms with Crippen LogP contribution in [-0.2, 0) is 11.3 Å². The lowest BCUT2D eigenvalue weighted by molar-refractivity contribution is 0.159. The minimum atomic E-state index is -2.00. The summed E-state index contributed by atoms with van der Waals surface area (Å²) in [5.74, 6) is 0.337. The summed E-state index contributed by atoms with van der Waals surface area (Å²) in [6.45, 7) is 0.853. The Balaban J connectivity index is 2.02. The highest BCUT2D eigenvalue weighted by atomic mass is 31.2. The normalized spacial score (nSPS) is 11.5. The first-order valence-corrected chi connectivity index (χ1v) is 6.26. The van der Waals surface area contributed by atoms with Crippen LogP contribution in [0.25, 0.3) is 11.2 Å². The fourth-order valence-electron chi connectivity index (χ4n) is 1.37. The van der Waals surface area contributed by atoms with Crippen LogP contribution in [0.5, 0.6) is 0 Å². The zero-order chi connectivity index (χ0) is 12.3. The van der Waals surface area contributed by atoms with Gasteiger partial charge in [0.25, 0.3) is 0 Å². The first-order chi connectivity index (χ1) is 8.18. The zero-order valence-corrected chi connectivity index (χ0v) is 9.79. The number of aromatic nitrogens is 4. The van der Waals surface area contributed by atoms with E-state index in [0.29, 0.717) is 30.1 Å². The van der Waals surface area contributed by atoms with Crippen molar-refractivity contribution in [2.75, 3.05) is 18.7 Å². The molecular formula is C8H12N5O3P. The van der Waals surface area contributed by atoms with Crippen molar-refractivity contribution in [3.05, 3.63) is 12.7 Å². The molecule has 2 heterocycles. The lowest BCUT2D eigenvalue weighted by atomic mass is 10.5. The van der Waals surface area contributed by atoms with Gasteiger partial charge >= 0.3 is 0 Å². The molecule has 0 saturated carbocycles. The molecule has 2 aromatic rings. The Labute approximate surface area is 98.0 Å². The van der Waals surface area contributed by atoms with Crippen molar-refractivity contribution in [1.82, 2.24) is 19.5 Å². The summed E-state index contributed by atoms with van der Waals surface area (Å²) in [6, 6.07) is 0. The van der Waals surface area contributed by atoms with Gasteiger partial charge in [0.2, 0.25) is 0 Å². The molecule has 0 aliphatic heterocycles. The minimum absolute atomic E-state index is 0.0565. The number of hydrogen-bond donors (Lipinski definition) is 3. The number of anilines is 1. The quantitative estimate of drug-likeness (QED) is 0.496.